The fourth-order valence-electron chi connectivity index (χ4n) is 3.66. The Bertz CT molecular complexity index is 1200. The molecule has 162 valence electrons. The van der Waals surface area contributed by atoms with Gasteiger partial charge in [0, 0.05) is 5.69 Å². The summed E-state index contributed by atoms with van der Waals surface area (Å²) in [5.41, 5.74) is 4.39. The van der Waals surface area contributed by atoms with E-state index in [9.17, 15) is 14.0 Å². The van der Waals surface area contributed by atoms with E-state index in [0.29, 0.717) is 22.5 Å². The van der Waals surface area contributed by atoms with Gasteiger partial charge in [0.1, 0.15) is 11.5 Å². The van der Waals surface area contributed by atoms with Gasteiger partial charge in [-0.2, -0.15) is 0 Å². The first kappa shape index (κ1) is 21.5. The van der Waals surface area contributed by atoms with Gasteiger partial charge >= 0.3 is 0 Å². The number of halogens is 1. The highest BCUT2D eigenvalue weighted by Gasteiger charge is 2.40. The van der Waals surface area contributed by atoms with Crippen LogP contribution in [0.2, 0.25) is 0 Å². The number of amides is 2. The number of anilines is 2. The Hall–Kier alpha value is -3.73. The number of carbonyl (C=O) groups excluding carboxylic acids is 2. The molecule has 1 N–H and O–H groups in total. The molecule has 1 aliphatic heterocycles. The lowest BCUT2D eigenvalue weighted by Gasteiger charge is -2.19. The van der Waals surface area contributed by atoms with Gasteiger partial charge in [0.15, 0.2) is 0 Å². The van der Waals surface area contributed by atoms with Crippen LogP contribution < -0.4 is 10.2 Å². The van der Waals surface area contributed by atoms with E-state index < -0.39 is 17.6 Å². The Balaban J connectivity index is 1.77. The molecule has 0 aliphatic carbocycles. The third kappa shape index (κ3) is 4.06. The zero-order valence-corrected chi connectivity index (χ0v) is 18.6. The van der Waals surface area contributed by atoms with E-state index in [2.05, 4.69) is 26.1 Å². The van der Waals surface area contributed by atoms with Crippen LogP contribution in [0, 0.1) is 12.7 Å². The fourth-order valence-corrected chi connectivity index (χ4v) is 3.66. The monoisotopic (exact) mass is 428 g/mol. The van der Waals surface area contributed by atoms with Gasteiger partial charge in [-0.3, -0.25) is 9.59 Å². The zero-order valence-electron chi connectivity index (χ0n) is 18.6. The average Bonchev–Trinajstić information content (AvgIpc) is 2.99. The molecule has 5 heteroatoms. The van der Waals surface area contributed by atoms with Crippen LogP contribution in [0.15, 0.2) is 78.5 Å². The molecule has 4 nitrogen and oxygen atoms in total. The molecular weight excluding hydrogens is 403 g/mol. The highest BCUT2D eigenvalue weighted by atomic mass is 19.1. The van der Waals surface area contributed by atoms with E-state index in [0.717, 1.165) is 16.0 Å². The smallest absolute Gasteiger partial charge is 0.282 e. The molecule has 3 aromatic rings. The van der Waals surface area contributed by atoms with Gasteiger partial charge in [-0.05, 0) is 59.9 Å². The van der Waals surface area contributed by atoms with Gasteiger partial charge in [-0.15, -0.1) is 0 Å². The van der Waals surface area contributed by atoms with Crippen molar-refractivity contribution in [1.82, 2.24) is 0 Å². The molecule has 0 saturated carbocycles. The predicted molar refractivity (Wildman–Crippen MR) is 126 cm³/mol. The summed E-state index contributed by atoms with van der Waals surface area (Å²) in [6.45, 7) is 8.36. The lowest BCUT2D eigenvalue weighted by atomic mass is 9.87. The Kier molecular flexibility index (Phi) is 5.43. The van der Waals surface area contributed by atoms with E-state index in [-0.39, 0.29) is 11.1 Å². The van der Waals surface area contributed by atoms with Crippen molar-refractivity contribution in [2.75, 3.05) is 10.2 Å². The molecular formula is C27H25FN2O2. The number of rotatable bonds is 4. The number of nitrogens with zero attached hydrogens (tertiary/aromatic N) is 1. The van der Waals surface area contributed by atoms with Crippen molar-refractivity contribution >= 4 is 28.8 Å². The first-order valence-electron chi connectivity index (χ1n) is 10.5. The number of aryl methyl sites for hydroxylation is 1. The fraction of sp³-hybridized carbons (Fsp3) is 0.185. The largest absolute Gasteiger partial charge is 0.350 e. The summed E-state index contributed by atoms with van der Waals surface area (Å²) < 4.78 is 13.4. The molecule has 3 aromatic carbocycles. The summed E-state index contributed by atoms with van der Waals surface area (Å²) in [6.07, 6.45) is 0. The second kappa shape index (κ2) is 8.08. The summed E-state index contributed by atoms with van der Waals surface area (Å²) in [7, 11) is 0. The summed E-state index contributed by atoms with van der Waals surface area (Å²) >= 11 is 0. The van der Waals surface area contributed by atoms with E-state index in [4.69, 9.17) is 0 Å². The van der Waals surface area contributed by atoms with Crippen LogP contribution >= 0.6 is 0 Å². The van der Waals surface area contributed by atoms with Gasteiger partial charge in [0.25, 0.3) is 11.8 Å². The second-order valence-electron chi connectivity index (χ2n) is 8.99. The van der Waals surface area contributed by atoms with E-state index in [1.807, 2.05) is 55.5 Å². The van der Waals surface area contributed by atoms with Crippen LogP contribution in [0.3, 0.4) is 0 Å². The molecule has 0 bridgehead atoms. The normalized spacial score (nSPS) is 14.3. The van der Waals surface area contributed by atoms with Crippen LogP contribution in [-0.2, 0) is 15.0 Å². The van der Waals surface area contributed by atoms with E-state index >= 15 is 0 Å². The van der Waals surface area contributed by atoms with Gasteiger partial charge in [-0.25, -0.2) is 9.29 Å². The minimum Gasteiger partial charge on any atom is -0.350 e. The molecule has 2 amide bonds. The van der Waals surface area contributed by atoms with Crippen molar-refractivity contribution < 1.29 is 14.0 Å². The number of hydrogen-bond acceptors (Lipinski definition) is 3. The summed E-state index contributed by atoms with van der Waals surface area (Å²) in [5, 5.41) is 3.17. The molecule has 4 rings (SSSR count). The number of imide groups is 1. The zero-order chi connectivity index (χ0) is 23.0. The van der Waals surface area contributed by atoms with E-state index in [1.165, 1.54) is 24.3 Å². The maximum atomic E-state index is 13.4. The Morgan fingerprint density at radius 1 is 0.781 bits per heavy atom. The van der Waals surface area contributed by atoms with Crippen molar-refractivity contribution in [2.24, 2.45) is 0 Å². The predicted octanol–water partition coefficient (Wildman–Crippen LogP) is 5.83. The molecule has 0 saturated heterocycles. The van der Waals surface area contributed by atoms with Crippen LogP contribution in [0.25, 0.3) is 5.57 Å². The maximum absolute atomic E-state index is 13.4. The highest BCUT2D eigenvalue weighted by molar-refractivity contribution is 6.46. The van der Waals surface area contributed by atoms with Crippen molar-refractivity contribution in [3.05, 3.63) is 101 Å². The molecule has 1 aliphatic rings. The van der Waals surface area contributed by atoms with E-state index in [1.54, 1.807) is 0 Å². The Labute approximate surface area is 187 Å². The van der Waals surface area contributed by atoms with Crippen molar-refractivity contribution in [1.29, 1.82) is 0 Å². The second-order valence-corrected chi connectivity index (χ2v) is 8.99. The molecule has 0 fully saturated rings. The van der Waals surface area contributed by atoms with Crippen LogP contribution in [0.1, 0.15) is 37.5 Å². The first-order valence-corrected chi connectivity index (χ1v) is 10.5. The van der Waals surface area contributed by atoms with Crippen molar-refractivity contribution in [3.63, 3.8) is 0 Å². The third-order valence-corrected chi connectivity index (χ3v) is 5.53. The average molecular weight is 429 g/mol. The standard InChI is InChI=1S/C27H25FN2O2/c1-17-5-7-18(8-6-17)23-24(29-21-13-9-19(10-14-21)27(2,3)4)26(32)30(25(23)31)22-15-11-20(28)12-16-22/h5-16,29H,1-4H3. The maximum Gasteiger partial charge on any atom is 0.282 e. The van der Waals surface area contributed by atoms with Gasteiger partial charge in [0.2, 0.25) is 0 Å². The van der Waals surface area contributed by atoms with Gasteiger partial charge in [0.05, 0.1) is 11.3 Å². The van der Waals surface area contributed by atoms with Gasteiger partial charge < -0.3 is 5.32 Å². The number of nitrogens with one attached hydrogen (secondary N) is 1. The lowest BCUT2D eigenvalue weighted by molar-refractivity contribution is -0.120. The molecule has 0 atom stereocenters. The summed E-state index contributed by atoms with van der Waals surface area (Å²) in [5.74, 6) is -1.35. The SMILES string of the molecule is Cc1ccc(C2=C(Nc3ccc(C(C)(C)C)cc3)C(=O)N(c3ccc(F)cc3)C2=O)cc1. The Morgan fingerprint density at radius 2 is 1.38 bits per heavy atom. The topological polar surface area (TPSA) is 49.4 Å². The van der Waals surface area contributed by atoms with Crippen molar-refractivity contribution in [3.8, 4) is 0 Å². The first-order chi connectivity index (χ1) is 15.1. The molecule has 0 aromatic heterocycles. The molecule has 32 heavy (non-hydrogen) atoms. The third-order valence-electron chi connectivity index (χ3n) is 5.53. The van der Waals surface area contributed by atoms with Crippen LogP contribution in [0.4, 0.5) is 15.8 Å². The van der Waals surface area contributed by atoms with Crippen LogP contribution in [0.5, 0.6) is 0 Å². The van der Waals surface area contributed by atoms with Crippen molar-refractivity contribution in [2.45, 2.75) is 33.1 Å². The van der Waals surface area contributed by atoms with Crippen LogP contribution in [-0.4, -0.2) is 11.8 Å². The summed E-state index contributed by atoms with van der Waals surface area (Å²) in [6, 6.07) is 20.6. The molecule has 0 unspecified atom stereocenters. The number of carbonyl (C=O) groups is 2. The quantitative estimate of drug-likeness (QED) is 0.532. The highest BCUT2D eigenvalue weighted by Crippen LogP contribution is 2.34. The number of hydrogen-bond donors (Lipinski definition) is 1. The molecule has 1 heterocycles. The minimum atomic E-state index is -0.475. The number of benzene rings is 3. The summed E-state index contributed by atoms with van der Waals surface area (Å²) in [4.78, 5) is 27.8. The molecule has 0 spiro atoms. The Morgan fingerprint density at radius 3 is 1.94 bits per heavy atom. The minimum absolute atomic E-state index is 0.00336. The lowest BCUT2D eigenvalue weighted by Crippen LogP contribution is -2.32. The molecule has 0 radical (unpaired) electrons. The van der Waals surface area contributed by atoms with Gasteiger partial charge in [-0.1, -0.05) is 62.7 Å².